The number of methoxy groups -OCH3 is 1. The minimum atomic E-state index is -0.429. The number of aromatic nitrogens is 6. The van der Waals surface area contributed by atoms with Crippen molar-refractivity contribution >= 4 is 17.0 Å². The molecule has 0 aromatic carbocycles. The summed E-state index contributed by atoms with van der Waals surface area (Å²) in [6.07, 6.45) is 9.68. The molecule has 4 rings (SSSR count). The van der Waals surface area contributed by atoms with E-state index >= 15 is 0 Å². The highest BCUT2D eigenvalue weighted by Gasteiger charge is 2.22. The van der Waals surface area contributed by atoms with Gasteiger partial charge in [-0.1, -0.05) is 19.8 Å². The fourth-order valence-corrected chi connectivity index (χ4v) is 3.85. The van der Waals surface area contributed by atoms with Gasteiger partial charge in [0.2, 0.25) is 5.88 Å². The molecule has 0 atom stereocenters. The van der Waals surface area contributed by atoms with Crippen molar-refractivity contribution in [1.29, 1.82) is 0 Å². The third kappa shape index (κ3) is 3.94. The number of carbonyl (C=O) groups is 1. The van der Waals surface area contributed by atoms with Gasteiger partial charge in [-0.2, -0.15) is 15.2 Å². The monoisotopic (exact) mass is 398 g/mol. The van der Waals surface area contributed by atoms with Gasteiger partial charge in [0.05, 0.1) is 31.7 Å². The largest absolute Gasteiger partial charge is 0.479 e. The molecule has 0 radical (unpaired) electrons. The van der Waals surface area contributed by atoms with Crippen molar-refractivity contribution < 1.29 is 14.3 Å². The molecule has 0 spiro atoms. The van der Waals surface area contributed by atoms with Crippen molar-refractivity contribution in [2.45, 2.75) is 46.1 Å². The maximum Gasteiger partial charge on any atom is 0.341 e. The molecule has 29 heavy (non-hydrogen) atoms. The average molecular weight is 398 g/mol. The number of carbonyl (C=O) groups excluding carboxylic acids is 1. The van der Waals surface area contributed by atoms with Crippen LogP contribution >= 0.6 is 0 Å². The number of hydrogen-bond acceptors (Lipinski definition) is 7. The van der Waals surface area contributed by atoms with Crippen LogP contribution in [0.1, 0.15) is 49.9 Å². The normalized spacial score (nSPS) is 19.4. The predicted octanol–water partition coefficient (Wildman–Crippen LogP) is 3.02. The molecule has 0 unspecified atom stereocenters. The molecule has 3 heterocycles. The highest BCUT2D eigenvalue weighted by atomic mass is 16.5. The van der Waals surface area contributed by atoms with E-state index in [-0.39, 0.29) is 0 Å². The Morgan fingerprint density at radius 3 is 2.69 bits per heavy atom. The molecule has 0 bridgehead atoms. The first-order valence-corrected chi connectivity index (χ1v) is 10.1. The molecule has 0 saturated heterocycles. The summed E-state index contributed by atoms with van der Waals surface area (Å²) in [5.41, 5.74) is 1.81. The zero-order valence-electron chi connectivity index (χ0n) is 17.0. The van der Waals surface area contributed by atoms with E-state index in [2.05, 4.69) is 27.1 Å². The van der Waals surface area contributed by atoms with E-state index in [1.165, 1.54) is 36.6 Å². The van der Waals surface area contributed by atoms with Crippen molar-refractivity contribution in [3.8, 4) is 11.8 Å². The fraction of sp³-hybridized carbons (Fsp3) is 0.550. The molecule has 1 saturated carbocycles. The summed E-state index contributed by atoms with van der Waals surface area (Å²) in [7, 11) is 1.58. The van der Waals surface area contributed by atoms with Gasteiger partial charge < -0.3 is 9.47 Å². The summed E-state index contributed by atoms with van der Waals surface area (Å²) in [4.78, 5) is 21.0. The second kappa shape index (κ2) is 8.18. The van der Waals surface area contributed by atoms with Crippen LogP contribution in [0.15, 0.2) is 18.6 Å². The first-order valence-electron chi connectivity index (χ1n) is 10.1. The Hall–Kier alpha value is -2.97. The van der Waals surface area contributed by atoms with Crippen molar-refractivity contribution in [3.63, 3.8) is 0 Å². The minimum Gasteiger partial charge on any atom is -0.479 e. The summed E-state index contributed by atoms with van der Waals surface area (Å²) >= 11 is 0. The van der Waals surface area contributed by atoms with E-state index in [0.29, 0.717) is 35.4 Å². The second-order valence-electron chi connectivity index (χ2n) is 7.61. The summed E-state index contributed by atoms with van der Waals surface area (Å²) in [5, 5.41) is 8.73. The molecular formula is C20H26N6O3. The first kappa shape index (κ1) is 19.4. The quantitative estimate of drug-likeness (QED) is 0.589. The lowest BCUT2D eigenvalue weighted by atomic mass is 9.83. The van der Waals surface area contributed by atoms with Crippen LogP contribution in [-0.4, -0.2) is 49.2 Å². The second-order valence-corrected chi connectivity index (χ2v) is 7.61. The Morgan fingerprint density at radius 1 is 1.17 bits per heavy atom. The molecule has 3 aromatic heterocycles. The molecule has 1 aliphatic rings. The SMILES string of the molecule is CCOC(=O)c1cnn(-c2nc(OC)c3c(cnn3CC3CCC(C)CC3)n2)c1. The molecule has 0 N–H and O–H groups in total. The molecule has 9 heteroatoms. The Balaban J connectivity index is 1.63. The van der Waals surface area contributed by atoms with Gasteiger partial charge in [-0.15, -0.1) is 0 Å². The lowest BCUT2D eigenvalue weighted by Gasteiger charge is -2.26. The zero-order valence-corrected chi connectivity index (χ0v) is 17.0. The maximum atomic E-state index is 11.9. The minimum absolute atomic E-state index is 0.305. The van der Waals surface area contributed by atoms with Crippen molar-refractivity contribution in [3.05, 3.63) is 24.2 Å². The Bertz CT molecular complexity index is 1000. The van der Waals surface area contributed by atoms with E-state index < -0.39 is 5.97 Å². The van der Waals surface area contributed by atoms with Crippen LogP contribution in [0.25, 0.3) is 17.0 Å². The Kier molecular flexibility index (Phi) is 5.46. The van der Waals surface area contributed by atoms with E-state index in [1.54, 1.807) is 26.4 Å². The summed E-state index contributed by atoms with van der Waals surface area (Å²) in [6.45, 7) is 5.22. The van der Waals surface area contributed by atoms with Crippen LogP contribution in [0.5, 0.6) is 5.88 Å². The van der Waals surface area contributed by atoms with Crippen LogP contribution in [0.4, 0.5) is 0 Å². The van der Waals surface area contributed by atoms with E-state index in [4.69, 9.17) is 9.47 Å². The summed E-state index contributed by atoms with van der Waals surface area (Å²) < 4.78 is 13.9. The lowest BCUT2D eigenvalue weighted by molar-refractivity contribution is 0.0526. The van der Waals surface area contributed by atoms with Crippen LogP contribution in [-0.2, 0) is 11.3 Å². The average Bonchev–Trinajstić information content (AvgIpc) is 3.37. The van der Waals surface area contributed by atoms with E-state index in [0.717, 1.165) is 18.0 Å². The number of nitrogens with zero attached hydrogens (tertiary/aromatic N) is 6. The summed E-state index contributed by atoms with van der Waals surface area (Å²) in [6, 6.07) is 0. The van der Waals surface area contributed by atoms with Gasteiger partial charge in [0.15, 0.2) is 0 Å². The van der Waals surface area contributed by atoms with Crippen LogP contribution in [0.2, 0.25) is 0 Å². The predicted molar refractivity (Wildman–Crippen MR) is 106 cm³/mol. The standard InChI is InChI=1S/C20H26N6O3/c1-4-29-19(27)15-9-21-26(12-15)20-23-16-10-22-25(17(16)18(24-20)28-3)11-14-7-5-13(2)6-8-14/h9-10,12-14H,4-8,11H2,1-3H3. The van der Waals surface area contributed by atoms with Gasteiger partial charge in [0, 0.05) is 12.7 Å². The maximum absolute atomic E-state index is 11.9. The smallest absolute Gasteiger partial charge is 0.341 e. The number of fused-ring (bicyclic) bond motifs is 1. The molecule has 3 aromatic rings. The van der Waals surface area contributed by atoms with Crippen molar-refractivity contribution in [2.75, 3.05) is 13.7 Å². The molecule has 1 fully saturated rings. The number of hydrogen-bond donors (Lipinski definition) is 0. The van der Waals surface area contributed by atoms with Gasteiger partial charge in [-0.05, 0) is 31.6 Å². The lowest BCUT2D eigenvalue weighted by Crippen LogP contribution is -2.18. The highest BCUT2D eigenvalue weighted by Crippen LogP contribution is 2.31. The van der Waals surface area contributed by atoms with Crippen LogP contribution in [0, 0.1) is 11.8 Å². The van der Waals surface area contributed by atoms with Gasteiger partial charge >= 0.3 is 5.97 Å². The molecule has 9 nitrogen and oxygen atoms in total. The molecule has 0 aliphatic heterocycles. The number of esters is 1. The van der Waals surface area contributed by atoms with Gasteiger partial charge in [-0.25, -0.2) is 14.5 Å². The van der Waals surface area contributed by atoms with E-state index in [9.17, 15) is 4.79 Å². The number of ether oxygens (including phenoxy) is 2. The molecular weight excluding hydrogens is 372 g/mol. The van der Waals surface area contributed by atoms with Gasteiger partial charge in [-0.3, -0.25) is 4.68 Å². The number of rotatable bonds is 6. The van der Waals surface area contributed by atoms with Crippen molar-refractivity contribution in [1.82, 2.24) is 29.5 Å². The molecule has 154 valence electrons. The van der Waals surface area contributed by atoms with Gasteiger partial charge in [0.1, 0.15) is 11.0 Å². The summed E-state index contributed by atoms with van der Waals surface area (Å²) in [5.74, 6) is 1.75. The van der Waals surface area contributed by atoms with Gasteiger partial charge in [0.25, 0.3) is 5.95 Å². The first-order chi connectivity index (χ1) is 14.1. The highest BCUT2D eigenvalue weighted by molar-refractivity contribution is 5.88. The Labute approximate surface area is 169 Å². The third-order valence-corrected chi connectivity index (χ3v) is 5.50. The van der Waals surface area contributed by atoms with Crippen molar-refractivity contribution in [2.24, 2.45) is 11.8 Å². The van der Waals surface area contributed by atoms with Crippen LogP contribution < -0.4 is 4.74 Å². The zero-order chi connectivity index (χ0) is 20.4. The topological polar surface area (TPSA) is 97.0 Å². The third-order valence-electron chi connectivity index (χ3n) is 5.50. The molecule has 1 aliphatic carbocycles. The molecule has 0 amide bonds. The van der Waals surface area contributed by atoms with E-state index in [1.807, 2.05) is 4.68 Å². The van der Waals surface area contributed by atoms with Crippen LogP contribution in [0.3, 0.4) is 0 Å². The fourth-order valence-electron chi connectivity index (χ4n) is 3.85. The Morgan fingerprint density at radius 2 is 1.97 bits per heavy atom.